The van der Waals surface area contributed by atoms with Crippen LogP contribution in [0.5, 0.6) is 0 Å². The van der Waals surface area contributed by atoms with Crippen molar-refractivity contribution in [1.82, 2.24) is 3.97 Å². The monoisotopic (exact) mass is 310 g/mol. The Morgan fingerprint density at radius 3 is 2.36 bits per heavy atom. The Morgan fingerprint density at radius 1 is 1.05 bits per heavy atom. The number of benzene rings is 2. The molecule has 0 aliphatic carbocycles. The highest BCUT2D eigenvalue weighted by Crippen LogP contribution is 2.29. The molecule has 1 heterocycles. The Bertz CT molecular complexity index is 1010. The SMILES string of the molecule is [C-]#[N+]c1ccc2c(c1)c(C)cn2S(=O)(=O)c1ccc(C)cc1. The standard InChI is InChI=1S/C17H14N2O2S/c1-12-4-7-15(8-5-12)22(20,21)19-11-13(2)16-10-14(18-3)6-9-17(16)19/h4-11H,1-2H3. The van der Waals surface area contributed by atoms with E-state index in [4.69, 9.17) is 6.57 Å². The first kappa shape index (κ1) is 14.4. The number of rotatable bonds is 2. The number of aromatic nitrogens is 1. The van der Waals surface area contributed by atoms with Crippen LogP contribution in [0.3, 0.4) is 0 Å². The molecule has 0 saturated carbocycles. The van der Waals surface area contributed by atoms with Crippen LogP contribution in [0.25, 0.3) is 15.7 Å². The van der Waals surface area contributed by atoms with E-state index in [9.17, 15) is 8.42 Å². The Labute approximate surface area is 129 Å². The summed E-state index contributed by atoms with van der Waals surface area (Å²) in [6, 6.07) is 11.8. The van der Waals surface area contributed by atoms with E-state index in [1.807, 2.05) is 13.8 Å². The minimum atomic E-state index is -3.64. The number of hydrogen-bond acceptors (Lipinski definition) is 2. The molecule has 0 radical (unpaired) electrons. The largest absolute Gasteiger partial charge is 0.268 e. The molecular weight excluding hydrogens is 296 g/mol. The first-order valence-corrected chi connectivity index (χ1v) is 8.19. The van der Waals surface area contributed by atoms with Gasteiger partial charge in [-0.25, -0.2) is 17.2 Å². The average molecular weight is 310 g/mol. The van der Waals surface area contributed by atoms with Gasteiger partial charge in [0.05, 0.1) is 17.0 Å². The van der Waals surface area contributed by atoms with Crippen LogP contribution in [0, 0.1) is 20.4 Å². The fourth-order valence-corrected chi connectivity index (χ4v) is 3.86. The average Bonchev–Trinajstić information content (AvgIpc) is 2.85. The highest BCUT2D eigenvalue weighted by Gasteiger charge is 2.20. The quantitative estimate of drug-likeness (QED) is 0.670. The third-order valence-electron chi connectivity index (χ3n) is 3.66. The molecule has 0 N–H and O–H groups in total. The van der Waals surface area contributed by atoms with Gasteiger partial charge in [-0.2, -0.15) is 0 Å². The van der Waals surface area contributed by atoms with Gasteiger partial charge in [0.1, 0.15) is 0 Å². The summed E-state index contributed by atoms with van der Waals surface area (Å²) in [5.41, 5.74) is 2.93. The van der Waals surface area contributed by atoms with Crippen LogP contribution >= 0.6 is 0 Å². The predicted molar refractivity (Wildman–Crippen MR) is 86.7 cm³/mol. The summed E-state index contributed by atoms with van der Waals surface area (Å²) in [5.74, 6) is 0. The molecule has 22 heavy (non-hydrogen) atoms. The zero-order valence-electron chi connectivity index (χ0n) is 12.2. The summed E-state index contributed by atoms with van der Waals surface area (Å²) >= 11 is 0. The third kappa shape index (κ3) is 2.18. The van der Waals surface area contributed by atoms with Crippen LogP contribution in [-0.4, -0.2) is 12.4 Å². The molecule has 2 aromatic carbocycles. The van der Waals surface area contributed by atoms with Gasteiger partial charge >= 0.3 is 0 Å². The second-order valence-electron chi connectivity index (χ2n) is 5.24. The van der Waals surface area contributed by atoms with E-state index in [1.54, 1.807) is 48.7 Å². The van der Waals surface area contributed by atoms with Crippen molar-refractivity contribution < 1.29 is 8.42 Å². The molecule has 0 spiro atoms. The van der Waals surface area contributed by atoms with E-state index < -0.39 is 10.0 Å². The summed E-state index contributed by atoms with van der Waals surface area (Å²) < 4.78 is 26.9. The Morgan fingerprint density at radius 2 is 1.73 bits per heavy atom. The van der Waals surface area contributed by atoms with E-state index >= 15 is 0 Å². The second-order valence-corrected chi connectivity index (χ2v) is 7.05. The van der Waals surface area contributed by atoms with Gasteiger partial charge in [-0.3, -0.25) is 0 Å². The molecule has 0 saturated heterocycles. The summed E-state index contributed by atoms with van der Waals surface area (Å²) in [6.07, 6.45) is 1.60. The van der Waals surface area contributed by atoms with Crippen LogP contribution in [0.2, 0.25) is 0 Å². The molecule has 0 fully saturated rings. The first-order chi connectivity index (χ1) is 10.4. The van der Waals surface area contributed by atoms with E-state index in [0.717, 1.165) is 16.5 Å². The van der Waals surface area contributed by atoms with Crippen LogP contribution in [0.4, 0.5) is 5.69 Å². The van der Waals surface area contributed by atoms with Crippen molar-refractivity contribution in [3.63, 3.8) is 0 Å². The second kappa shape index (κ2) is 5.00. The molecule has 3 aromatic rings. The van der Waals surface area contributed by atoms with Gasteiger partial charge in [0, 0.05) is 6.20 Å². The summed E-state index contributed by atoms with van der Waals surface area (Å²) in [6.45, 7) is 10.8. The van der Waals surface area contributed by atoms with E-state index in [0.29, 0.717) is 11.2 Å². The summed E-state index contributed by atoms with van der Waals surface area (Å²) in [4.78, 5) is 3.65. The first-order valence-electron chi connectivity index (χ1n) is 6.75. The molecule has 0 unspecified atom stereocenters. The molecule has 4 nitrogen and oxygen atoms in total. The van der Waals surface area contributed by atoms with Crippen LogP contribution in [-0.2, 0) is 10.0 Å². The van der Waals surface area contributed by atoms with Crippen molar-refractivity contribution in [2.24, 2.45) is 0 Å². The van der Waals surface area contributed by atoms with Gasteiger partial charge in [0.2, 0.25) is 0 Å². The molecule has 0 amide bonds. The molecule has 0 bridgehead atoms. The molecule has 0 atom stereocenters. The molecule has 1 aromatic heterocycles. The van der Waals surface area contributed by atoms with E-state index in [1.165, 1.54) is 3.97 Å². The number of hydrogen-bond donors (Lipinski definition) is 0. The van der Waals surface area contributed by atoms with Crippen molar-refractivity contribution in [3.05, 3.63) is 71.2 Å². The van der Waals surface area contributed by atoms with E-state index in [2.05, 4.69) is 4.85 Å². The fraction of sp³-hybridized carbons (Fsp3) is 0.118. The molecule has 0 aliphatic rings. The summed E-state index contributed by atoms with van der Waals surface area (Å²) in [7, 11) is -3.64. The zero-order valence-corrected chi connectivity index (χ0v) is 13.1. The zero-order chi connectivity index (χ0) is 15.9. The number of aryl methyl sites for hydroxylation is 2. The lowest BCUT2D eigenvalue weighted by Gasteiger charge is -2.08. The van der Waals surface area contributed by atoms with Gasteiger partial charge < -0.3 is 0 Å². The van der Waals surface area contributed by atoms with Gasteiger partial charge in [0.25, 0.3) is 10.0 Å². The Hall–Kier alpha value is -2.58. The van der Waals surface area contributed by atoms with Gasteiger partial charge in [-0.15, -0.1) is 0 Å². The van der Waals surface area contributed by atoms with Gasteiger partial charge in [-0.1, -0.05) is 23.8 Å². The minimum Gasteiger partial charge on any atom is -0.241 e. The third-order valence-corrected chi connectivity index (χ3v) is 5.35. The van der Waals surface area contributed by atoms with Crippen LogP contribution in [0.15, 0.2) is 53.6 Å². The topological polar surface area (TPSA) is 43.4 Å². The highest BCUT2D eigenvalue weighted by atomic mass is 32.2. The summed E-state index contributed by atoms with van der Waals surface area (Å²) in [5, 5.41) is 0.782. The van der Waals surface area contributed by atoms with Crippen molar-refractivity contribution in [2.75, 3.05) is 0 Å². The molecule has 110 valence electrons. The number of fused-ring (bicyclic) bond motifs is 1. The van der Waals surface area contributed by atoms with Crippen molar-refractivity contribution in [3.8, 4) is 0 Å². The van der Waals surface area contributed by atoms with Crippen molar-refractivity contribution in [2.45, 2.75) is 18.7 Å². The maximum Gasteiger partial charge on any atom is 0.268 e. The Kier molecular flexibility index (Phi) is 3.27. The molecule has 5 heteroatoms. The smallest absolute Gasteiger partial charge is 0.241 e. The van der Waals surface area contributed by atoms with E-state index in [-0.39, 0.29) is 4.90 Å². The molecular formula is C17H14N2O2S. The minimum absolute atomic E-state index is 0.254. The van der Waals surface area contributed by atoms with Crippen LogP contribution in [0.1, 0.15) is 11.1 Å². The normalized spacial score (nSPS) is 11.5. The fourth-order valence-electron chi connectivity index (χ4n) is 2.44. The molecule has 0 aliphatic heterocycles. The lowest BCUT2D eigenvalue weighted by atomic mass is 10.2. The van der Waals surface area contributed by atoms with Crippen molar-refractivity contribution >= 4 is 26.6 Å². The van der Waals surface area contributed by atoms with Gasteiger partial charge in [0.15, 0.2) is 5.69 Å². The predicted octanol–water partition coefficient (Wildman–Crippen LogP) is 4.05. The van der Waals surface area contributed by atoms with Crippen LogP contribution < -0.4 is 0 Å². The van der Waals surface area contributed by atoms with Gasteiger partial charge in [-0.05, 0) is 49.1 Å². The highest BCUT2D eigenvalue weighted by molar-refractivity contribution is 7.90. The van der Waals surface area contributed by atoms with Crippen molar-refractivity contribution in [1.29, 1.82) is 0 Å². The Balaban J connectivity index is 2.26. The lowest BCUT2D eigenvalue weighted by Crippen LogP contribution is -2.11. The maximum atomic E-state index is 12.8. The maximum absolute atomic E-state index is 12.8. The molecule has 3 rings (SSSR count). The number of nitrogens with zero attached hydrogens (tertiary/aromatic N) is 2. The lowest BCUT2D eigenvalue weighted by molar-refractivity contribution is 0.589.